The van der Waals surface area contributed by atoms with Crippen molar-refractivity contribution in [3.8, 4) is 16.9 Å². The van der Waals surface area contributed by atoms with Crippen LogP contribution in [0.15, 0.2) is 48.8 Å². The summed E-state index contributed by atoms with van der Waals surface area (Å²) in [5, 5.41) is 4.02. The number of nitrogens with zero attached hydrogens (tertiary/aromatic N) is 4. The summed E-state index contributed by atoms with van der Waals surface area (Å²) in [6.07, 6.45) is -1.30. The Balaban J connectivity index is 1.57. The highest BCUT2D eigenvalue weighted by Gasteiger charge is 2.31. The van der Waals surface area contributed by atoms with Gasteiger partial charge in [-0.2, -0.15) is 4.98 Å². The Bertz CT molecular complexity index is 1370. The molecule has 0 saturated carbocycles. The second-order valence-electron chi connectivity index (χ2n) is 7.48. The number of Topliss-reactive ketones (excluding diaryl/α,β-unsaturated/α-hetero) is 1. The van der Waals surface area contributed by atoms with Crippen LogP contribution in [-0.2, 0) is 12.8 Å². The van der Waals surface area contributed by atoms with Crippen molar-refractivity contribution in [1.29, 1.82) is 0 Å². The Morgan fingerprint density at radius 2 is 1.94 bits per heavy atom. The van der Waals surface area contributed by atoms with Crippen molar-refractivity contribution in [3.63, 3.8) is 0 Å². The molecule has 0 aliphatic rings. The summed E-state index contributed by atoms with van der Waals surface area (Å²) >= 11 is 0. The molecule has 0 aliphatic heterocycles. The first kappa shape index (κ1) is 23.1. The van der Waals surface area contributed by atoms with Gasteiger partial charge in [0.05, 0.1) is 5.69 Å². The number of pyridine rings is 2. The van der Waals surface area contributed by atoms with Gasteiger partial charge in [-0.25, -0.2) is 8.91 Å². The van der Waals surface area contributed by atoms with E-state index in [2.05, 4.69) is 19.8 Å². The van der Waals surface area contributed by atoms with Crippen molar-refractivity contribution >= 4 is 17.4 Å². The molecule has 0 aliphatic carbocycles. The summed E-state index contributed by atoms with van der Waals surface area (Å²) < 4.78 is 56.9. The number of ketones is 1. The van der Waals surface area contributed by atoms with E-state index in [9.17, 15) is 22.4 Å². The minimum Gasteiger partial charge on any atom is -0.406 e. The second kappa shape index (κ2) is 9.08. The van der Waals surface area contributed by atoms with Gasteiger partial charge in [0, 0.05) is 29.9 Å². The van der Waals surface area contributed by atoms with Crippen LogP contribution in [0, 0.1) is 5.82 Å². The first-order chi connectivity index (χ1) is 16.1. The van der Waals surface area contributed by atoms with E-state index in [-0.39, 0.29) is 30.1 Å². The Hall–Kier alpha value is -4.02. The van der Waals surface area contributed by atoms with E-state index in [1.807, 2.05) is 6.92 Å². The van der Waals surface area contributed by atoms with E-state index in [1.54, 1.807) is 30.6 Å². The zero-order valence-electron chi connectivity index (χ0n) is 17.9. The van der Waals surface area contributed by atoms with E-state index in [1.165, 1.54) is 4.52 Å². The molecule has 0 atom stereocenters. The largest absolute Gasteiger partial charge is 0.573 e. The molecule has 0 saturated heterocycles. The van der Waals surface area contributed by atoms with Crippen LogP contribution in [0.3, 0.4) is 0 Å². The van der Waals surface area contributed by atoms with Gasteiger partial charge in [-0.05, 0) is 60.4 Å². The van der Waals surface area contributed by atoms with Crippen LogP contribution in [0.25, 0.3) is 16.8 Å². The molecular formula is C23H19F4N5O2. The number of aryl methyl sites for hydroxylation is 2. The molecule has 0 amide bonds. The number of hydrogen-bond donors (Lipinski definition) is 1. The van der Waals surface area contributed by atoms with Gasteiger partial charge < -0.3 is 10.5 Å². The van der Waals surface area contributed by atoms with Crippen LogP contribution in [0.5, 0.6) is 5.75 Å². The number of carbonyl (C=O) groups excluding carboxylic acids is 1. The number of hydrogen-bond acceptors (Lipinski definition) is 6. The average molecular weight is 473 g/mol. The van der Waals surface area contributed by atoms with E-state index in [4.69, 9.17) is 5.73 Å². The third-order valence-corrected chi connectivity index (χ3v) is 5.16. The SMILES string of the molecule is CCc1ncc(-c2ccn3nc(N)nc3c2)cc1C(=O)CCc1cc(OC(F)(F)F)ccc1F. The summed E-state index contributed by atoms with van der Waals surface area (Å²) in [5.41, 5.74) is 8.44. The van der Waals surface area contributed by atoms with Crippen LogP contribution in [-0.4, -0.2) is 31.7 Å². The number of anilines is 1. The lowest BCUT2D eigenvalue weighted by Crippen LogP contribution is -2.17. The number of nitrogens with two attached hydrogens (primary N) is 1. The Morgan fingerprint density at radius 1 is 1.15 bits per heavy atom. The van der Waals surface area contributed by atoms with Gasteiger partial charge in [-0.3, -0.25) is 9.78 Å². The molecule has 4 rings (SSSR count). The lowest BCUT2D eigenvalue weighted by Gasteiger charge is -2.12. The predicted octanol–water partition coefficient (Wildman–Crippen LogP) is 4.79. The predicted molar refractivity (Wildman–Crippen MR) is 116 cm³/mol. The number of rotatable bonds is 7. The molecular weight excluding hydrogens is 454 g/mol. The van der Waals surface area contributed by atoms with Crippen LogP contribution < -0.4 is 10.5 Å². The average Bonchev–Trinajstić information content (AvgIpc) is 3.17. The molecule has 2 N–H and O–H groups in total. The highest BCUT2D eigenvalue weighted by atomic mass is 19.4. The fourth-order valence-electron chi connectivity index (χ4n) is 3.58. The molecule has 176 valence electrons. The smallest absolute Gasteiger partial charge is 0.406 e. The molecule has 3 heterocycles. The topological polar surface area (TPSA) is 95.4 Å². The number of ether oxygens (including phenoxy) is 1. The first-order valence-electron chi connectivity index (χ1n) is 10.3. The maximum absolute atomic E-state index is 14.1. The molecule has 7 nitrogen and oxygen atoms in total. The highest BCUT2D eigenvalue weighted by molar-refractivity contribution is 5.98. The van der Waals surface area contributed by atoms with Gasteiger partial charge in [0.15, 0.2) is 11.4 Å². The Kier molecular flexibility index (Phi) is 6.18. The van der Waals surface area contributed by atoms with Gasteiger partial charge in [-0.15, -0.1) is 18.3 Å². The van der Waals surface area contributed by atoms with E-state index >= 15 is 0 Å². The van der Waals surface area contributed by atoms with Crippen LogP contribution in [0.2, 0.25) is 0 Å². The molecule has 1 aromatic carbocycles. The zero-order valence-corrected chi connectivity index (χ0v) is 17.9. The fourth-order valence-corrected chi connectivity index (χ4v) is 3.58. The van der Waals surface area contributed by atoms with Crippen LogP contribution >= 0.6 is 0 Å². The van der Waals surface area contributed by atoms with Gasteiger partial charge in [0.2, 0.25) is 5.95 Å². The minimum absolute atomic E-state index is 0.0490. The number of alkyl halides is 3. The molecule has 0 unspecified atom stereocenters. The van der Waals surface area contributed by atoms with Crippen molar-refractivity contribution in [2.75, 3.05) is 5.73 Å². The van der Waals surface area contributed by atoms with Crippen molar-refractivity contribution in [1.82, 2.24) is 19.6 Å². The van der Waals surface area contributed by atoms with Crippen LogP contribution in [0.1, 0.15) is 35.0 Å². The van der Waals surface area contributed by atoms with Gasteiger partial charge in [0.1, 0.15) is 11.6 Å². The number of nitrogen functional groups attached to an aromatic ring is 1. The zero-order chi connectivity index (χ0) is 24.5. The second-order valence-corrected chi connectivity index (χ2v) is 7.48. The standard InChI is InChI=1S/C23H19F4N5O2/c1-2-19-17(10-15(12-29-19)13-7-8-32-21(11-13)30-22(28)31-32)20(33)6-3-14-9-16(4-5-18(14)24)34-23(25,26)27/h4-5,7-12H,2-3,6H2,1H3,(H2,28,31). The molecule has 3 aromatic heterocycles. The summed E-state index contributed by atoms with van der Waals surface area (Å²) in [7, 11) is 0. The number of aromatic nitrogens is 4. The normalized spacial score (nSPS) is 11.7. The fraction of sp³-hybridized carbons (Fsp3) is 0.217. The van der Waals surface area contributed by atoms with Gasteiger partial charge in [-0.1, -0.05) is 6.92 Å². The van der Waals surface area contributed by atoms with Gasteiger partial charge in [0.25, 0.3) is 0 Å². The van der Waals surface area contributed by atoms with Gasteiger partial charge >= 0.3 is 6.36 Å². The van der Waals surface area contributed by atoms with Crippen LogP contribution in [0.4, 0.5) is 23.5 Å². The minimum atomic E-state index is -4.89. The molecule has 0 bridgehead atoms. The molecule has 34 heavy (non-hydrogen) atoms. The van der Waals surface area contributed by atoms with E-state index in [0.29, 0.717) is 28.9 Å². The van der Waals surface area contributed by atoms with E-state index in [0.717, 1.165) is 23.8 Å². The molecule has 0 fully saturated rings. The highest BCUT2D eigenvalue weighted by Crippen LogP contribution is 2.27. The maximum Gasteiger partial charge on any atom is 0.573 e. The summed E-state index contributed by atoms with van der Waals surface area (Å²) in [4.78, 5) is 21.5. The number of halogens is 4. The number of carbonyl (C=O) groups is 1. The quantitative estimate of drug-likeness (QED) is 0.306. The monoisotopic (exact) mass is 473 g/mol. The van der Waals surface area contributed by atoms with Crippen molar-refractivity contribution in [3.05, 3.63) is 71.4 Å². The maximum atomic E-state index is 14.1. The van der Waals surface area contributed by atoms with Crippen molar-refractivity contribution in [2.45, 2.75) is 32.5 Å². The van der Waals surface area contributed by atoms with Crippen molar-refractivity contribution in [2.24, 2.45) is 0 Å². The first-order valence-corrected chi connectivity index (χ1v) is 10.3. The molecule has 0 spiro atoms. The lowest BCUT2D eigenvalue weighted by atomic mass is 9.97. The molecule has 0 radical (unpaired) electrons. The Labute approximate surface area is 191 Å². The van der Waals surface area contributed by atoms with Crippen molar-refractivity contribution < 1.29 is 27.1 Å². The molecule has 4 aromatic rings. The third-order valence-electron chi connectivity index (χ3n) is 5.16. The lowest BCUT2D eigenvalue weighted by molar-refractivity contribution is -0.274. The van der Waals surface area contributed by atoms with E-state index < -0.39 is 17.9 Å². The summed E-state index contributed by atoms with van der Waals surface area (Å²) in [6, 6.07) is 7.94. The third kappa shape index (κ3) is 5.13. The summed E-state index contributed by atoms with van der Waals surface area (Å²) in [6.45, 7) is 1.85. The molecule has 11 heteroatoms. The summed E-state index contributed by atoms with van der Waals surface area (Å²) in [5.74, 6) is -1.44. The number of benzene rings is 1. The number of fused-ring (bicyclic) bond motifs is 1. The Morgan fingerprint density at radius 3 is 2.68 bits per heavy atom.